The van der Waals surface area contributed by atoms with Gasteiger partial charge in [0.25, 0.3) is 5.91 Å². The van der Waals surface area contributed by atoms with Gasteiger partial charge in [-0.1, -0.05) is 28.1 Å². The molecule has 1 heterocycles. The molecular weight excluding hydrogens is 646 g/mol. The maximum Gasteiger partial charge on any atom is 0.416 e. The second kappa shape index (κ2) is 13.0. The summed E-state index contributed by atoms with van der Waals surface area (Å²) < 4.78 is 92.5. The van der Waals surface area contributed by atoms with Gasteiger partial charge in [0.15, 0.2) is 5.54 Å². The number of rotatable bonds is 10. The molecule has 2 atom stereocenters. The Morgan fingerprint density at radius 2 is 1.58 bits per heavy atom. The van der Waals surface area contributed by atoms with Gasteiger partial charge < -0.3 is 19.9 Å². The number of hydrogen-bond acceptors (Lipinski definition) is 5. The third kappa shape index (κ3) is 7.88. The van der Waals surface area contributed by atoms with Crippen LogP contribution in [0.4, 0.5) is 26.3 Å². The molecule has 4 rings (SSSR count). The smallest absolute Gasteiger partial charge is 0.416 e. The lowest BCUT2D eigenvalue weighted by atomic mass is 9.86. The molecule has 13 heteroatoms. The number of carbonyl (C=O) groups is 1. The van der Waals surface area contributed by atoms with E-state index in [4.69, 9.17) is 14.6 Å². The van der Waals surface area contributed by atoms with Gasteiger partial charge in [-0.25, -0.2) is 4.99 Å². The zero-order chi connectivity index (χ0) is 31.4. The summed E-state index contributed by atoms with van der Waals surface area (Å²) in [6.45, 7) is 1.32. The molecule has 0 radical (unpaired) electrons. The van der Waals surface area contributed by atoms with Crippen LogP contribution < -0.4 is 10.1 Å². The first-order valence-corrected chi connectivity index (χ1v) is 13.9. The van der Waals surface area contributed by atoms with Crippen molar-refractivity contribution in [3.05, 3.63) is 99.0 Å². The van der Waals surface area contributed by atoms with Crippen LogP contribution in [0, 0.1) is 0 Å². The van der Waals surface area contributed by atoms with Gasteiger partial charge in [-0.05, 0) is 72.6 Å². The van der Waals surface area contributed by atoms with E-state index in [0.717, 1.165) is 4.47 Å². The highest BCUT2D eigenvalue weighted by Crippen LogP contribution is 2.37. The van der Waals surface area contributed by atoms with Crippen molar-refractivity contribution in [1.29, 1.82) is 0 Å². The monoisotopic (exact) mass is 672 g/mol. The van der Waals surface area contributed by atoms with Crippen LogP contribution in [0.25, 0.3) is 0 Å². The van der Waals surface area contributed by atoms with Crippen molar-refractivity contribution in [2.75, 3.05) is 13.2 Å². The second-order valence-corrected chi connectivity index (χ2v) is 10.9. The van der Waals surface area contributed by atoms with E-state index in [1.54, 1.807) is 55.5 Å². The number of alkyl halides is 6. The Balaban J connectivity index is 1.65. The molecule has 0 saturated carbocycles. The third-order valence-electron chi connectivity index (χ3n) is 6.82. The van der Waals surface area contributed by atoms with Crippen LogP contribution in [0.3, 0.4) is 0 Å². The number of amides is 1. The number of aliphatic hydroxyl groups is 1. The summed E-state index contributed by atoms with van der Waals surface area (Å²) in [7, 11) is 0. The van der Waals surface area contributed by atoms with Crippen LogP contribution in [0.1, 0.15) is 41.2 Å². The maximum absolute atomic E-state index is 13.8. The fourth-order valence-electron chi connectivity index (χ4n) is 4.51. The van der Waals surface area contributed by atoms with Gasteiger partial charge in [0, 0.05) is 36.0 Å². The molecule has 0 unspecified atom stereocenters. The molecule has 0 spiro atoms. The molecule has 0 aromatic heterocycles. The van der Waals surface area contributed by atoms with Crippen molar-refractivity contribution in [3.8, 4) is 5.75 Å². The SMILES string of the molecule is C[C@H]1OC(c2ccc(OCCCO)cc2)=N[C@@]1(Cc1ccc(Br)cc1)C(=O)NCc1cc(C(F)(F)F)cc(C(F)(F)F)c1. The molecule has 1 aliphatic heterocycles. The molecule has 0 bridgehead atoms. The standard InChI is InChI=1S/C30H27BrF6N2O4/c1-18-28(16-19-3-7-24(31)8-4-19,39-26(43-18)21-5-9-25(10-6-21)42-12-2-11-40)27(41)38-17-20-13-22(29(32,33)34)15-23(14-20)30(35,36)37/h3-10,13-15,18,40H,2,11-12,16-17H2,1H3,(H,38,41)/t18-,28-/m1/s1. The van der Waals surface area contributed by atoms with Gasteiger partial charge in [-0.2, -0.15) is 26.3 Å². The Morgan fingerprint density at radius 3 is 2.14 bits per heavy atom. The van der Waals surface area contributed by atoms with Gasteiger partial charge in [-0.3, -0.25) is 4.79 Å². The zero-order valence-electron chi connectivity index (χ0n) is 22.7. The molecule has 2 N–H and O–H groups in total. The minimum Gasteiger partial charge on any atom is -0.494 e. The average molecular weight is 673 g/mol. The van der Waals surface area contributed by atoms with E-state index in [1.165, 1.54) is 0 Å². The number of aliphatic hydroxyl groups excluding tert-OH is 1. The predicted molar refractivity (Wildman–Crippen MR) is 150 cm³/mol. The molecule has 0 saturated heterocycles. The first-order valence-electron chi connectivity index (χ1n) is 13.1. The first-order chi connectivity index (χ1) is 20.2. The highest BCUT2D eigenvalue weighted by Gasteiger charge is 2.50. The molecule has 6 nitrogen and oxygen atoms in total. The average Bonchev–Trinajstić information content (AvgIpc) is 3.29. The fourth-order valence-corrected chi connectivity index (χ4v) is 4.78. The van der Waals surface area contributed by atoms with Crippen molar-refractivity contribution in [1.82, 2.24) is 5.32 Å². The van der Waals surface area contributed by atoms with Crippen LogP contribution in [0.2, 0.25) is 0 Å². The van der Waals surface area contributed by atoms with Crippen molar-refractivity contribution in [2.24, 2.45) is 4.99 Å². The molecule has 1 aliphatic rings. The van der Waals surface area contributed by atoms with Crippen LogP contribution in [-0.4, -0.2) is 41.8 Å². The summed E-state index contributed by atoms with van der Waals surface area (Å²) in [6, 6.07) is 14.9. The van der Waals surface area contributed by atoms with Crippen LogP contribution in [0.15, 0.2) is 76.2 Å². The van der Waals surface area contributed by atoms with Crippen molar-refractivity contribution >= 4 is 27.7 Å². The normalized spacial score (nSPS) is 18.6. The topological polar surface area (TPSA) is 80.2 Å². The van der Waals surface area contributed by atoms with Crippen molar-refractivity contribution in [2.45, 2.75) is 50.3 Å². The lowest BCUT2D eigenvalue weighted by Gasteiger charge is -2.28. The number of carbonyl (C=O) groups excluding carboxylic acids is 1. The fraction of sp³-hybridized carbons (Fsp3) is 0.333. The zero-order valence-corrected chi connectivity index (χ0v) is 24.3. The highest BCUT2D eigenvalue weighted by atomic mass is 79.9. The van der Waals surface area contributed by atoms with E-state index in [-0.39, 0.29) is 30.6 Å². The van der Waals surface area contributed by atoms with Gasteiger partial charge in [0.05, 0.1) is 17.7 Å². The quantitative estimate of drug-likeness (QED) is 0.185. The van der Waals surface area contributed by atoms with Crippen molar-refractivity contribution in [3.63, 3.8) is 0 Å². The van der Waals surface area contributed by atoms with E-state index >= 15 is 0 Å². The summed E-state index contributed by atoms with van der Waals surface area (Å²) in [5.74, 6) is -0.0463. The third-order valence-corrected chi connectivity index (χ3v) is 7.34. The number of nitrogens with zero attached hydrogens (tertiary/aromatic N) is 1. The molecule has 230 valence electrons. The van der Waals surface area contributed by atoms with Crippen LogP contribution in [-0.2, 0) is 34.8 Å². The Bertz CT molecular complexity index is 1430. The van der Waals surface area contributed by atoms with Crippen LogP contribution in [0.5, 0.6) is 5.75 Å². The molecule has 43 heavy (non-hydrogen) atoms. The van der Waals surface area contributed by atoms with E-state index < -0.39 is 47.6 Å². The molecular formula is C30H27BrF6N2O4. The summed E-state index contributed by atoms with van der Waals surface area (Å²) in [6.07, 6.45) is -10.4. The lowest BCUT2D eigenvalue weighted by Crippen LogP contribution is -2.52. The number of hydrogen-bond donors (Lipinski definition) is 2. The van der Waals surface area contributed by atoms with Crippen molar-refractivity contribution < 1.29 is 45.7 Å². The largest absolute Gasteiger partial charge is 0.494 e. The Labute approximate surface area is 251 Å². The molecule has 3 aromatic rings. The maximum atomic E-state index is 13.8. The molecule has 0 aliphatic carbocycles. The Kier molecular flexibility index (Phi) is 9.75. The summed E-state index contributed by atoms with van der Waals surface area (Å²) in [5, 5.41) is 11.4. The molecule has 0 fully saturated rings. The number of halogens is 7. The second-order valence-electron chi connectivity index (χ2n) is 9.95. The van der Waals surface area contributed by atoms with E-state index in [9.17, 15) is 31.1 Å². The van der Waals surface area contributed by atoms with Crippen LogP contribution >= 0.6 is 15.9 Å². The van der Waals surface area contributed by atoms with Gasteiger partial charge in [-0.15, -0.1) is 0 Å². The molecule has 1 amide bonds. The van der Waals surface area contributed by atoms with Gasteiger partial charge in [0.2, 0.25) is 5.90 Å². The minimum atomic E-state index is -5.02. The van der Waals surface area contributed by atoms with E-state index in [2.05, 4.69) is 26.2 Å². The van der Waals surface area contributed by atoms with Gasteiger partial charge >= 0.3 is 12.4 Å². The van der Waals surface area contributed by atoms with E-state index in [1.807, 2.05) is 0 Å². The number of nitrogens with one attached hydrogen (secondary N) is 1. The number of benzene rings is 3. The number of ether oxygens (including phenoxy) is 2. The predicted octanol–water partition coefficient (Wildman–Crippen LogP) is 6.71. The van der Waals surface area contributed by atoms with E-state index in [0.29, 0.717) is 42.0 Å². The minimum absolute atomic E-state index is 0.0135. The number of aliphatic imine (C=N–C) groups is 1. The first kappa shape index (κ1) is 32.3. The molecule has 3 aromatic carbocycles. The highest BCUT2D eigenvalue weighted by molar-refractivity contribution is 9.10. The van der Waals surface area contributed by atoms with Gasteiger partial charge in [0.1, 0.15) is 11.9 Å². The Morgan fingerprint density at radius 1 is 0.977 bits per heavy atom. The Hall–Kier alpha value is -3.58. The summed E-state index contributed by atoms with van der Waals surface area (Å²) >= 11 is 3.35. The lowest BCUT2D eigenvalue weighted by molar-refractivity contribution is -0.143. The summed E-state index contributed by atoms with van der Waals surface area (Å²) in [4.78, 5) is 18.4. The summed E-state index contributed by atoms with van der Waals surface area (Å²) in [5.41, 5.74) is -3.68.